The number of carboxylic acid groups (broad SMARTS) is 1. The van der Waals surface area contributed by atoms with Crippen LogP contribution in [0.5, 0.6) is 17.2 Å². The van der Waals surface area contributed by atoms with E-state index in [0.717, 1.165) is 56.6 Å². The highest BCUT2D eigenvalue weighted by atomic mass is 35.5. The molecular formula is C51H51Cl2N3O6. The zero-order valence-electron chi connectivity index (χ0n) is 34.9. The number of nitrogens with two attached hydrogens (primary N) is 1. The number of carboxylic acids is 1. The van der Waals surface area contributed by atoms with Crippen molar-refractivity contribution in [3.05, 3.63) is 189 Å². The molecule has 7 rings (SSSR count). The Kier molecular flexibility index (Phi) is 14.4. The molecule has 5 aromatic rings. The minimum Gasteiger partial charge on any atom is -0.489 e. The quantitative estimate of drug-likeness (QED) is 0.0838. The van der Waals surface area contributed by atoms with Gasteiger partial charge in [-0.1, -0.05) is 129 Å². The van der Waals surface area contributed by atoms with Crippen LogP contribution in [0, 0.1) is 0 Å². The van der Waals surface area contributed by atoms with Gasteiger partial charge < -0.3 is 30.4 Å². The van der Waals surface area contributed by atoms with Gasteiger partial charge in [0.1, 0.15) is 25.0 Å². The van der Waals surface area contributed by atoms with Gasteiger partial charge in [0.15, 0.2) is 17.6 Å². The number of fused-ring (bicyclic) bond motifs is 2. The van der Waals surface area contributed by atoms with Crippen LogP contribution in [-0.4, -0.2) is 40.6 Å². The van der Waals surface area contributed by atoms with Gasteiger partial charge in [-0.2, -0.15) is 0 Å². The fourth-order valence-electron chi connectivity index (χ4n) is 8.01. The van der Waals surface area contributed by atoms with Crippen LogP contribution in [0.15, 0.2) is 140 Å². The maximum Gasteiger partial charge on any atom is 0.326 e. The third kappa shape index (κ3) is 10.5. The average Bonchev–Trinajstić information content (AvgIpc) is 3.28. The van der Waals surface area contributed by atoms with Gasteiger partial charge in [-0.25, -0.2) is 4.79 Å². The number of nitrogens with one attached hydrogen (secondary N) is 1. The van der Waals surface area contributed by atoms with Gasteiger partial charge in [0.2, 0.25) is 5.91 Å². The van der Waals surface area contributed by atoms with E-state index in [1.165, 1.54) is 0 Å². The van der Waals surface area contributed by atoms with Gasteiger partial charge in [0.05, 0.1) is 16.1 Å². The molecule has 0 radical (unpaired) electrons. The molecule has 5 aromatic carbocycles. The summed E-state index contributed by atoms with van der Waals surface area (Å²) in [6.07, 6.45) is 7.08. The van der Waals surface area contributed by atoms with Crippen LogP contribution < -0.4 is 25.3 Å². The molecule has 2 aliphatic heterocycles. The van der Waals surface area contributed by atoms with Crippen molar-refractivity contribution in [3.63, 3.8) is 0 Å². The van der Waals surface area contributed by atoms with E-state index in [4.69, 9.17) is 43.1 Å². The molecule has 2 heterocycles. The molecule has 9 nitrogen and oxygen atoms in total. The zero-order valence-corrected chi connectivity index (χ0v) is 36.4. The summed E-state index contributed by atoms with van der Waals surface area (Å²) >= 11 is 12.2. The summed E-state index contributed by atoms with van der Waals surface area (Å²) in [5.41, 5.74) is 14.4. The van der Waals surface area contributed by atoms with Crippen LogP contribution in [0.4, 0.5) is 0 Å². The predicted octanol–water partition coefficient (Wildman–Crippen LogP) is 10.6. The lowest BCUT2D eigenvalue weighted by Gasteiger charge is -2.42. The van der Waals surface area contributed by atoms with E-state index in [-0.39, 0.29) is 24.5 Å². The number of hydrogen-bond donors (Lipinski definition) is 3. The largest absolute Gasteiger partial charge is 0.489 e. The summed E-state index contributed by atoms with van der Waals surface area (Å²) in [4.78, 5) is 29.4. The molecule has 320 valence electrons. The standard InChI is InChI=1S/C51H51Cl2N3O6/c1-4-10-37(25-40(54)5-2)34-16-13-32(14-17-34)24-44(51(58)59)55-50(57)46-26-38-27-47-48(28-39(38)29-56(46)45(6-3)35-11-8-7-9-12-35)62-49(31-61-47)36-18-20-41(21-19-36)60-30-33-15-22-42(52)43(53)23-33/h4,7-23,25,27-28,44-46,49H,1,5-6,24,26,29-31,54H2,2-3H3,(H,55,57)(H,58,59)/b37-10+,40-25-/t44?,45-,46-,49+/m0/s1. The number of allylic oxidation sites excluding steroid dienone is 5. The number of hydrogen-bond acceptors (Lipinski definition) is 7. The lowest BCUT2D eigenvalue weighted by molar-refractivity contribution is -0.143. The highest BCUT2D eigenvalue weighted by Crippen LogP contribution is 2.42. The summed E-state index contributed by atoms with van der Waals surface area (Å²) < 4.78 is 18.9. The summed E-state index contributed by atoms with van der Waals surface area (Å²) in [6, 6.07) is 33.0. The normalized spacial score (nSPS) is 17.4. The number of benzene rings is 5. The molecule has 0 saturated carbocycles. The van der Waals surface area contributed by atoms with E-state index < -0.39 is 18.1 Å². The number of rotatable bonds is 16. The number of nitrogens with zero attached hydrogens (tertiary/aromatic N) is 1. The summed E-state index contributed by atoms with van der Waals surface area (Å²) in [5, 5.41) is 14.3. The Labute approximate surface area is 373 Å². The van der Waals surface area contributed by atoms with Crippen molar-refractivity contribution in [3.8, 4) is 17.2 Å². The van der Waals surface area contributed by atoms with Crippen LogP contribution >= 0.6 is 23.2 Å². The van der Waals surface area contributed by atoms with Gasteiger partial charge in [0, 0.05) is 24.7 Å². The highest BCUT2D eigenvalue weighted by molar-refractivity contribution is 6.42. The Morgan fingerprint density at radius 2 is 1.66 bits per heavy atom. The zero-order chi connectivity index (χ0) is 43.8. The van der Waals surface area contributed by atoms with Crippen LogP contribution in [0.25, 0.3) is 5.57 Å². The second kappa shape index (κ2) is 20.2. The molecule has 62 heavy (non-hydrogen) atoms. The molecule has 1 amide bonds. The topological polar surface area (TPSA) is 123 Å². The molecule has 0 aliphatic carbocycles. The summed E-state index contributed by atoms with van der Waals surface area (Å²) in [5.74, 6) is 0.491. The first kappa shape index (κ1) is 44.1. The van der Waals surface area contributed by atoms with E-state index in [0.29, 0.717) is 59.9 Å². The molecule has 4 atom stereocenters. The number of halogens is 2. The van der Waals surface area contributed by atoms with Gasteiger partial charge in [-0.3, -0.25) is 9.69 Å². The van der Waals surface area contributed by atoms with Gasteiger partial charge in [-0.05, 0) is 106 Å². The Morgan fingerprint density at radius 3 is 2.34 bits per heavy atom. The van der Waals surface area contributed by atoms with Crippen molar-refractivity contribution in [2.24, 2.45) is 5.73 Å². The predicted molar refractivity (Wildman–Crippen MR) is 245 cm³/mol. The fraction of sp³-hybridized carbons (Fsp3) is 0.255. The monoisotopic (exact) mass is 871 g/mol. The number of carbonyl (C=O) groups is 2. The Hall–Kier alpha value is -6.00. The molecule has 2 aliphatic rings. The minimum absolute atomic E-state index is 0.108. The first-order valence-electron chi connectivity index (χ1n) is 20.9. The van der Waals surface area contributed by atoms with Crippen molar-refractivity contribution in [2.75, 3.05) is 6.61 Å². The first-order valence-corrected chi connectivity index (χ1v) is 21.6. The summed E-state index contributed by atoms with van der Waals surface area (Å²) in [6.45, 7) is 9.01. The van der Waals surface area contributed by atoms with Crippen molar-refractivity contribution in [1.82, 2.24) is 10.2 Å². The van der Waals surface area contributed by atoms with Crippen LogP contribution in [-0.2, 0) is 35.6 Å². The van der Waals surface area contributed by atoms with E-state index in [1.807, 2.05) is 104 Å². The van der Waals surface area contributed by atoms with Gasteiger partial charge in [-0.15, -0.1) is 0 Å². The molecule has 11 heteroatoms. The second-order valence-corrected chi connectivity index (χ2v) is 16.4. The summed E-state index contributed by atoms with van der Waals surface area (Å²) in [7, 11) is 0. The van der Waals surface area contributed by atoms with Crippen molar-refractivity contribution < 1.29 is 28.9 Å². The molecule has 0 spiro atoms. The van der Waals surface area contributed by atoms with Gasteiger partial charge >= 0.3 is 5.97 Å². The molecule has 4 N–H and O–H groups in total. The maximum absolute atomic E-state index is 14.4. The molecule has 0 aromatic heterocycles. The van der Waals surface area contributed by atoms with Crippen molar-refractivity contribution in [1.29, 1.82) is 0 Å². The third-order valence-corrected chi connectivity index (χ3v) is 12.1. The smallest absolute Gasteiger partial charge is 0.326 e. The first-order chi connectivity index (χ1) is 30.0. The Morgan fingerprint density at radius 1 is 0.935 bits per heavy atom. The van der Waals surface area contributed by atoms with E-state index >= 15 is 0 Å². The Balaban J connectivity index is 1.08. The number of aliphatic carboxylic acids is 1. The van der Waals surface area contributed by atoms with Crippen molar-refractivity contribution in [2.45, 2.75) is 76.9 Å². The SMILES string of the molecule is C=C/C=C(\C=C(/N)CC)c1ccc(CC(NC(=O)[C@@H]2Cc3cc4c(cc3CN2[C@@H](CC)c2ccccc2)O[C@@H](c2ccc(OCc3ccc(Cl)c(Cl)c3)cc2)CO4)C(=O)O)cc1. The van der Waals surface area contributed by atoms with Crippen LogP contribution in [0.1, 0.15) is 77.8 Å². The minimum atomic E-state index is -1.15. The lowest BCUT2D eigenvalue weighted by atomic mass is 9.89. The van der Waals surface area contributed by atoms with E-state index in [1.54, 1.807) is 18.2 Å². The van der Waals surface area contributed by atoms with Gasteiger partial charge in [0.25, 0.3) is 0 Å². The second-order valence-electron chi connectivity index (χ2n) is 15.5. The molecule has 0 saturated heterocycles. The van der Waals surface area contributed by atoms with Crippen molar-refractivity contribution >= 4 is 40.7 Å². The molecular weight excluding hydrogens is 821 g/mol. The van der Waals surface area contributed by atoms with Crippen LogP contribution in [0.3, 0.4) is 0 Å². The number of carbonyl (C=O) groups excluding carboxylic acids is 1. The third-order valence-electron chi connectivity index (χ3n) is 11.4. The number of ether oxygens (including phenoxy) is 3. The Bertz CT molecular complexity index is 2450. The molecule has 1 unspecified atom stereocenters. The lowest BCUT2D eigenvalue weighted by Crippen LogP contribution is -2.55. The maximum atomic E-state index is 14.4. The fourth-order valence-corrected chi connectivity index (χ4v) is 8.33. The van der Waals surface area contributed by atoms with Crippen LogP contribution in [0.2, 0.25) is 10.0 Å². The molecule has 0 fully saturated rings. The number of amides is 1. The molecule has 0 bridgehead atoms. The highest BCUT2D eigenvalue weighted by Gasteiger charge is 2.39. The average molecular weight is 873 g/mol. The van der Waals surface area contributed by atoms with E-state index in [9.17, 15) is 14.7 Å². The van der Waals surface area contributed by atoms with E-state index in [2.05, 4.69) is 35.9 Å².